The lowest BCUT2D eigenvalue weighted by molar-refractivity contribution is -0.122. The zero-order valence-corrected chi connectivity index (χ0v) is 11.5. The van der Waals surface area contributed by atoms with E-state index in [0.29, 0.717) is 13.1 Å². The number of hydrogen-bond donors (Lipinski definition) is 2. The fourth-order valence-electron chi connectivity index (χ4n) is 2.33. The summed E-state index contributed by atoms with van der Waals surface area (Å²) in [6, 6.07) is 8.29. The molecule has 0 saturated carbocycles. The highest BCUT2D eigenvalue weighted by Crippen LogP contribution is 2.21. The summed E-state index contributed by atoms with van der Waals surface area (Å²) in [6.45, 7) is 4.90. The number of aromatic nitrogens is 1. The third-order valence-corrected chi connectivity index (χ3v) is 3.05. The van der Waals surface area contributed by atoms with Gasteiger partial charge in [0.25, 0.3) is 0 Å². The van der Waals surface area contributed by atoms with Crippen LogP contribution in [0.4, 0.5) is 0 Å². The summed E-state index contributed by atoms with van der Waals surface area (Å²) in [5, 5.41) is 4.10. The molecule has 0 radical (unpaired) electrons. The van der Waals surface area contributed by atoms with Gasteiger partial charge in [0, 0.05) is 23.1 Å². The molecular formula is C15H21N3O. The molecule has 0 bridgehead atoms. The van der Waals surface area contributed by atoms with Crippen LogP contribution >= 0.6 is 0 Å². The largest absolute Gasteiger partial charge is 0.352 e. The van der Waals surface area contributed by atoms with Crippen molar-refractivity contribution in [3.05, 3.63) is 36.0 Å². The molecule has 2 aromatic rings. The van der Waals surface area contributed by atoms with Gasteiger partial charge < -0.3 is 15.6 Å². The van der Waals surface area contributed by atoms with Gasteiger partial charge in [-0.1, -0.05) is 18.2 Å². The van der Waals surface area contributed by atoms with E-state index in [1.165, 1.54) is 10.9 Å². The number of rotatable bonds is 5. The standard InChI is InChI=1S/C15H21N3O/c1-11(2)17-15(19)10-18-9-12(7-8-16)13-5-3-4-6-14(13)18/h3-6,9,11H,7-8,10,16H2,1-2H3,(H,17,19). The molecule has 0 saturated heterocycles. The van der Waals surface area contributed by atoms with E-state index in [0.717, 1.165) is 11.9 Å². The lowest BCUT2D eigenvalue weighted by Crippen LogP contribution is -2.32. The Morgan fingerprint density at radius 2 is 2.11 bits per heavy atom. The number of hydrogen-bond acceptors (Lipinski definition) is 2. The zero-order chi connectivity index (χ0) is 13.8. The van der Waals surface area contributed by atoms with E-state index >= 15 is 0 Å². The number of benzene rings is 1. The van der Waals surface area contributed by atoms with Crippen molar-refractivity contribution >= 4 is 16.8 Å². The van der Waals surface area contributed by atoms with Crippen LogP contribution in [0.5, 0.6) is 0 Å². The van der Waals surface area contributed by atoms with Crippen molar-refractivity contribution in [2.45, 2.75) is 32.9 Å². The van der Waals surface area contributed by atoms with Gasteiger partial charge in [-0.3, -0.25) is 4.79 Å². The van der Waals surface area contributed by atoms with Gasteiger partial charge in [0.2, 0.25) is 5.91 Å². The van der Waals surface area contributed by atoms with Gasteiger partial charge in [0.1, 0.15) is 6.54 Å². The van der Waals surface area contributed by atoms with E-state index in [2.05, 4.69) is 11.4 Å². The molecule has 0 aliphatic carbocycles. The highest BCUT2D eigenvalue weighted by Gasteiger charge is 2.10. The fourth-order valence-corrected chi connectivity index (χ4v) is 2.33. The first-order valence-corrected chi connectivity index (χ1v) is 6.68. The number of fused-ring (bicyclic) bond motifs is 1. The average Bonchev–Trinajstić information content (AvgIpc) is 2.68. The molecule has 0 fully saturated rings. The molecule has 4 nitrogen and oxygen atoms in total. The van der Waals surface area contributed by atoms with Crippen molar-refractivity contribution < 1.29 is 4.79 Å². The predicted octanol–water partition coefficient (Wildman–Crippen LogP) is 1.67. The minimum atomic E-state index is 0.0371. The van der Waals surface area contributed by atoms with E-state index in [-0.39, 0.29) is 11.9 Å². The number of para-hydroxylation sites is 1. The number of carbonyl (C=O) groups excluding carboxylic acids is 1. The highest BCUT2D eigenvalue weighted by atomic mass is 16.2. The third-order valence-electron chi connectivity index (χ3n) is 3.05. The van der Waals surface area contributed by atoms with E-state index in [1.54, 1.807) is 0 Å². The van der Waals surface area contributed by atoms with E-state index in [9.17, 15) is 4.79 Å². The van der Waals surface area contributed by atoms with Gasteiger partial charge in [-0.25, -0.2) is 0 Å². The minimum Gasteiger partial charge on any atom is -0.352 e. The Kier molecular flexibility index (Phi) is 4.22. The second-order valence-corrected chi connectivity index (χ2v) is 5.06. The molecule has 102 valence electrons. The topological polar surface area (TPSA) is 60.0 Å². The smallest absolute Gasteiger partial charge is 0.240 e. The molecule has 1 aromatic heterocycles. The second-order valence-electron chi connectivity index (χ2n) is 5.06. The minimum absolute atomic E-state index is 0.0371. The summed E-state index contributed by atoms with van der Waals surface area (Å²) in [6.07, 6.45) is 2.87. The number of amides is 1. The molecule has 0 atom stereocenters. The molecule has 2 rings (SSSR count). The van der Waals surface area contributed by atoms with Crippen molar-refractivity contribution in [1.82, 2.24) is 9.88 Å². The number of nitrogens with two attached hydrogens (primary N) is 1. The fraction of sp³-hybridized carbons (Fsp3) is 0.400. The first-order chi connectivity index (χ1) is 9.11. The summed E-state index contributed by atoms with van der Waals surface area (Å²) >= 11 is 0. The summed E-state index contributed by atoms with van der Waals surface area (Å²) < 4.78 is 2.00. The second kappa shape index (κ2) is 5.89. The monoisotopic (exact) mass is 259 g/mol. The van der Waals surface area contributed by atoms with Crippen molar-refractivity contribution in [3.63, 3.8) is 0 Å². The van der Waals surface area contributed by atoms with Crippen LogP contribution in [0.3, 0.4) is 0 Å². The maximum Gasteiger partial charge on any atom is 0.240 e. The summed E-state index contributed by atoms with van der Waals surface area (Å²) in [7, 11) is 0. The number of nitrogens with zero attached hydrogens (tertiary/aromatic N) is 1. The molecular weight excluding hydrogens is 238 g/mol. The molecule has 19 heavy (non-hydrogen) atoms. The third kappa shape index (κ3) is 3.15. The SMILES string of the molecule is CC(C)NC(=O)Cn1cc(CCN)c2ccccc21. The molecule has 0 aliphatic rings. The average molecular weight is 259 g/mol. The van der Waals surface area contributed by atoms with Crippen molar-refractivity contribution in [2.75, 3.05) is 6.54 Å². The number of nitrogens with one attached hydrogen (secondary N) is 1. The first kappa shape index (κ1) is 13.6. The van der Waals surface area contributed by atoms with Crippen molar-refractivity contribution in [2.24, 2.45) is 5.73 Å². The molecule has 1 heterocycles. The zero-order valence-electron chi connectivity index (χ0n) is 11.5. The summed E-state index contributed by atoms with van der Waals surface area (Å²) in [5.74, 6) is 0.0371. The maximum absolute atomic E-state index is 11.9. The van der Waals surface area contributed by atoms with Gasteiger partial charge in [0.15, 0.2) is 0 Å². The van der Waals surface area contributed by atoms with Crippen LogP contribution in [-0.2, 0) is 17.8 Å². The van der Waals surface area contributed by atoms with Gasteiger partial charge in [0.05, 0.1) is 0 Å². The Hall–Kier alpha value is -1.81. The van der Waals surface area contributed by atoms with Gasteiger partial charge in [-0.05, 0) is 38.4 Å². The summed E-state index contributed by atoms with van der Waals surface area (Å²) in [4.78, 5) is 11.9. The number of carbonyl (C=O) groups is 1. The molecule has 0 spiro atoms. The Bertz CT molecular complexity index is 572. The Morgan fingerprint density at radius 1 is 1.37 bits per heavy atom. The first-order valence-electron chi connectivity index (χ1n) is 6.68. The van der Waals surface area contributed by atoms with Gasteiger partial charge in [-0.2, -0.15) is 0 Å². The van der Waals surface area contributed by atoms with Crippen molar-refractivity contribution in [1.29, 1.82) is 0 Å². The molecule has 1 amide bonds. The van der Waals surface area contributed by atoms with E-state index in [4.69, 9.17) is 5.73 Å². The van der Waals surface area contributed by atoms with Gasteiger partial charge >= 0.3 is 0 Å². The molecule has 0 unspecified atom stereocenters. The van der Waals surface area contributed by atoms with Crippen molar-refractivity contribution in [3.8, 4) is 0 Å². The van der Waals surface area contributed by atoms with Crippen LogP contribution in [0.1, 0.15) is 19.4 Å². The predicted molar refractivity (Wildman–Crippen MR) is 78.0 cm³/mol. The van der Waals surface area contributed by atoms with E-state index < -0.39 is 0 Å². The van der Waals surface area contributed by atoms with Crippen LogP contribution in [0, 0.1) is 0 Å². The van der Waals surface area contributed by atoms with Crippen LogP contribution in [0.25, 0.3) is 10.9 Å². The van der Waals surface area contributed by atoms with Gasteiger partial charge in [-0.15, -0.1) is 0 Å². The van der Waals surface area contributed by atoms with Crippen LogP contribution < -0.4 is 11.1 Å². The Morgan fingerprint density at radius 3 is 2.79 bits per heavy atom. The lowest BCUT2D eigenvalue weighted by atomic mass is 10.1. The molecule has 3 N–H and O–H groups in total. The lowest BCUT2D eigenvalue weighted by Gasteiger charge is -2.09. The molecule has 1 aromatic carbocycles. The van der Waals surface area contributed by atoms with Crippen LogP contribution in [-0.4, -0.2) is 23.1 Å². The molecule has 4 heteroatoms. The summed E-state index contributed by atoms with van der Waals surface area (Å²) in [5.41, 5.74) is 7.93. The normalized spacial score (nSPS) is 11.2. The van der Waals surface area contributed by atoms with Crippen LogP contribution in [0.2, 0.25) is 0 Å². The highest BCUT2D eigenvalue weighted by molar-refractivity contribution is 5.86. The van der Waals surface area contributed by atoms with Crippen LogP contribution in [0.15, 0.2) is 30.5 Å². The maximum atomic E-state index is 11.9. The Balaban J connectivity index is 2.30. The molecule has 0 aliphatic heterocycles. The van der Waals surface area contributed by atoms with E-state index in [1.807, 2.05) is 42.8 Å². The Labute approximate surface area is 113 Å². The quantitative estimate of drug-likeness (QED) is 0.858.